The van der Waals surface area contributed by atoms with E-state index >= 15 is 0 Å². The summed E-state index contributed by atoms with van der Waals surface area (Å²) in [5, 5.41) is 5.93. The van der Waals surface area contributed by atoms with Gasteiger partial charge in [-0.1, -0.05) is 0 Å². The zero-order valence-electron chi connectivity index (χ0n) is 12.3. The van der Waals surface area contributed by atoms with Crippen LogP contribution >= 0.6 is 0 Å². The summed E-state index contributed by atoms with van der Waals surface area (Å²) in [4.78, 5) is 6.39. The number of alkyl halides is 3. The molecule has 8 heteroatoms. The predicted octanol–water partition coefficient (Wildman–Crippen LogP) is 2.54. The molecule has 0 amide bonds. The van der Waals surface area contributed by atoms with Crippen molar-refractivity contribution in [2.45, 2.75) is 31.5 Å². The van der Waals surface area contributed by atoms with Crippen molar-refractivity contribution in [1.29, 1.82) is 0 Å². The summed E-state index contributed by atoms with van der Waals surface area (Å²) >= 11 is 0. The number of aromatic amines is 1. The highest BCUT2D eigenvalue weighted by molar-refractivity contribution is 5.16. The second kappa shape index (κ2) is 5.75. The molecular weight excluding hydrogens is 295 g/mol. The van der Waals surface area contributed by atoms with E-state index in [2.05, 4.69) is 20.1 Å². The van der Waals surface area contributed by atoms with Crippen molar-refractivity contribution in [3.05, 3.63) is 35.7 Å². The van der Waals surface area contributed by atoms with Gasteiger partial charge >= 0.3 is 6.18 Å². The topological polar surface area (TPSA) is 49.7 Å². The molecule has 1 aliphatic heterocycles. The SMILES string of the molecule is Cn1cncc1CN1CCC(c2cc(C(F)(F)F)n[nH]2)CC1. The monoisotopic (exact) mass is 313 g/mol. The first kappa shape index (κ1) is 15.1. The van der Waals surface area contributed by atoms with Gasteiger partial charge in [0, 0.05) is 31.4 Å². The number of H-pyrrole nitrogens is 1. The van der Waals surface area contributed by atoms with Gasteiger partial charge in [0.1, 0.15) is 0 Å². The molecule has 2 aromatic heterocycles. The minimum atomic E-state index is -4.38. The number of piperidine rings is 1. The quantitative estimate of drug-likeness (QED) is 0.947. The van der Waals surface area contributed by atoms with E-state index in [4.69, 9.17) is 0 Å². The standard InChI is InChI=1S/C14H18F3N5/c1-21-9-18-7-11(21)8-22-4-2-10(3-5-22)12-6-13(20-19-12)14(15,16)17/h6-7,9-10H,2-5,8H2,1H3,(H,19,20). The summed E-state index contributed by atoms with van der Waals surface area (Å²) in [5.41, 5.74) is 0.895. The molecule has 0 saturated carbocycles. The second-order valence-corrected chi connectivity index (χ2v) is 5.75. The molecule has 0 atom stereocenters. The molecule has 1 aliphatic rings. The minimum absolute atomic E-state index is 0.117. The molecular formula is C14H18F3N5. The molecule has 0 spiro atoms. The Labute approximate surface area is 126 Å². The van der Waals surface area contributed by atoms with Crippen molar-refractivity contribution in [2.75, 3.05) is 13.1 Å². The van der Waals surface area contributed by atoms with E-state index in [1.165, 1.54) is 0 Å². The van der Waals surface area contributed by atoms with E-state index in [0.717, 1.165) is 44.2 Å². The fourth-order valence-electron chi connectivity index (χ4n) is 2.86. The first-order chi connectivity index (χ1) is 10.4. The van der Waals surface area contributed by atoms with E-state index in [1.54, 1.807) is 6.33 Å². The van der Waals surface area contributed by atoms with E-state index < -0.39 is 11.9 Å². The van der Waals surface area contributed by atoms with Gasteiger partial charge in [0.15, 0.2) is 5.69 Å². The van der Waals surface area contributed by atoms with Gasteiger partial charge in [0.05, 0.1) is 12.0 Å². The number of aromatic nitrogens is 4. The molecule has 5 nitrogen and oxygen atoms in total. The number of imidazole rings is 1. The van der Waals surface area contributed by atoms with Crippen LogP contribution in [0, 0.1) is 0 Å². The Balaban J connectivity index is 1.57. The van der Waals surface area contributed by atoms with Crippen molar-refractivity contribution in [1.82, 2.24) is 24.6 Å². The number of aryl methyl sites for hydroxylation is 1. The first-order valence-electron chi connectivity index (χ1n) is 7.23. The molecule has 1 N–H and O–H groups in total. The molecule has 0 aliphatic carbocycles. The average molecular weight is 313 g/mol. The molecule has 3 heterocycles. The van der Waals surface area contributed by atoms with E-state index in [9.17, 15) is 13.2 Å². The number of hydrogen-bond acceptors (Lipinski definition) is 3. The molecule has 0 unspecified atom stereocenters. The Bertz CT molecular complexity index is 622. The molecule has 0 bridgehead atoms. The third kappa shape index (κ3) is 3.16. The van der Waals surface area contributed by atoms with Gasteiger partial charge in [-0.25, -0.2) is 4.98 Å². The maximum absolute atomic E-state index is 12.6. The molecule has 1 fully saturated rings. The first-order valence-corrected chi connectivity index (χ1v) is 7.23. The van der Waals surface area contributed by atoms with Crippen molar-refractivity contribution in [2.24, 2.45) is 7.05 Å². The minimum Gasteiger partial charge on any atom is -0.337 e. The van der Waals surface area contributed by atoms with Gasteiger partial charge in [-0.05, 0) is 32.0 Å². The normalized spacial score (nSPS) is 18.0. The summed E-state index contributed by atoms with van der Waals surface area (Å²) in [6, 6.07) is 1.14. The third-order valence-electron chi connectivity index (χ3n) is 4.22. The summed E-state index contributed by atoms with van der Waals surface area (Å²) in [5.74, 6) is 0.117. The Kier molecular flexibility index (Phi) is 3.94. The molecule has 0 radical (unpaired) electrons. The lowest BCUT2D eigenvalue weighted by molar-refractivity contribution is -0.141. The lowest BCUT2D eigenvalue weighted by Crippen LogP contribution is -2.33. The molecule has 22 heavy (non-hydrogen) atoms. The lowest BCUT2D eigenvalue weighted by Gasteiger charge is -2.31. The lowest BCUT2D eigenvalue weighted by atomic mass is 9.93. The maximum atomic E-state index is 12.6. The Morgan fingerprint density at radius 1 is 1.32 bits per heavy atom. The average Bonchev–Trinajstić information content (AvgIpc) is 3.09. The van der Waals surface area contributed by atoms with Crippen LogP contribution in [0.3, 0.4) is 0 Å². The zero-order chi connectivity index (χ0) is 15.7. The van der Waals surface area contributed by atoms with Crippen LogP contribution in [0.4, 0.5) is 13.2 Å². The van der Waals surface area contributed by atoms with Crippen LogP contribution in [0.5, 0.6) is 0 Å². The Morgan fingerprint density at radius 3 is 2.59 bits per heavy atom. The highest BCUT2D eigenvalue weighted by Crippen LogP contribution is 2.32. The van der Waals surface area contributed by atoms with Crippen LogP contribution in [-0.4, -0.2) is 37.7 Å². The summed E-state index contributed by atoms with van der Waals surface area (Å²) in [6.07, 6.45) is 0.894. The van der Waals surface area contributed by atoms with E-state index in [0.29, 0.717) is 5.69 Å². The third-order valence-corrected chi connectivity index (χ3v) is 4.22. The van der Waals surface area contributed by atoms with Crippen LogP contribution in [0.1, 0.15) is 35.8 Å². The smallest absolute Gasteiger partial charge is 0.337 e. The molecule has 1 saturated heterocycles. The number of rotatable bonds is 3. The summed E-state index contributed by atoms with van der Waals surface area (Å²) in [7, 11) is 1.96. The van der Waals surface area contributed by atoms with Crippen molar-refractivity contribution in [3.8, 4) is 0 Å². The van der Waals surface area contributed by atoms with Gasteiger partial charge in [-0.15, -0.1) is 0 Å². The van der Waals surface area contributed by atoms with Crippen molar-refractivity contribution in [3.63, 3.8) is 0 Å². The number of halogens is 3. The number of likely N-dealkylation sites (tertiary alicyclic amines) is 1. The predicted molar refractivity (Wildman–Crippen MR) is 74.0 cm³/mol. The summed E-state index contributed by atoms with van der Waals surface area (Å²) < 4.78 is 39.7. The molecule has 0 aromatic carbocycles. The Hall–Kier alpha value is -1.83. The van der Waals surface area contributed by atoms with Gasteiger partial charge < -0.3 is 4.57 Å². The number of nitrogens with one attached hydrogen (secondary N) is 1. The fourth-order valence-corrected chi connectivity index (χ4v) is 2.86. The molecule has 2 aromatic rings. The second-order valence-electron chi connectivity index (χ2n) is 5.75. The van der Waals surface area contributed by atoms with Gasteiger partial charge in [0.25, 0.3) is 0 Å². The highest BCUT2D eigenvalue weighted by Gasteiger charge is 2.35. The van der Waals surface area contributed by atoms with Gasteiger partial charge in [0.2, 0.25) is 0 Å². The van der Waals surface area contributed by atoms with Crippen LogP contribution < -0.4 is 0 Å². The fraction of sp³-hybridized carbons (Fsp3) is 0.571. The van der Waals surface area contributed by atoms with Gasteiger partial charge in [-0.2, -0.15) is 18.3 Å². The zero-order valence-corrected chi connectivity index (χ0v) is 12.3. The molecule has 120 valence electrons. The van der Waals surface area contributed by atoms with Crippen LogP contribution in [0.2, 0.25) is 0 Å². The van der Waals surface area contributed by atoms with Crippen molar-refractivity contribution < 1.29 is 13.2 Å². The maximum Gasteiger partial charge on any atom is 0.435 e. The van der Waals surface area contributed by atoms with Crippen LogP contribution in [0.15, 0.2) is 18.6 Å². The van der Waals surface area contributed by atoms with Crippen LogP contribution in [0.25, 0.3) is 0 Å². The summed E-state index contributed by atoms with van der Waals surface area (Å²) in [6.45, 7) is 2.53. The number of nitrogens with zero attached hydrogens (tertiary/aromatic N) is 4. The van der Waals surface area contributed by atoms with E-state index in [1.807, 2.05) is 17.8 Å². The Morgan fingerprint density at radius 2 is 2.05 bits per heavy atom. The van der Waals surface area contributed by atoms with Gasteiger partial charge in [-0.3, -0.25) is 10.00 Å². The molecule has 3 rings (SSSR count). The van der Waals surface area contributed by atoms with Crippen molar-refractivity contribution >= 4 is 0 Å². The van der Waals surface area contributed by atoms with E-state index in [-0.39, 0.29) is 5.92 Å². The van der Waals surface area contributed by atoms with Crippen LogP contribution in [-0.2, 0) is 19.8 Å². The largest absolute Gasteiger partial charge is 0.435 e. The highest BCUT2D eigenvalue weighted by atomic mass is 19.4. The number of hydrogen-bond donors (Lipinski definition) is 1.